The number of hydrogen-bond donors (Lipinski definition) is 2. The molecule has 5 heteroatoms. The van der Waals surface area contributed by atoms with E-state index in [1.54, 1.807) is 18.3 Å². The molecule has 0 spiro atoms. The number of aromatic nitrogens is 1. The largest absolute Gasteiger partial charge is 0.324 e. The van der Waals surface area contributed by atoms with Crippen LogP contribution in [0.1, 0.15) is 36.3 Å². The third-order valence-electron chi connectivity index (χ3n) is 4.43. The van der Waals surface area contributed by atoms with E-state index in [9.17, 15) is 4.79 Å². The van der Waals surface area contributed by atoms with Crippen molar-refractivity contribution in [2.45, 2.75) is 31.2 Å². The van der Waals surface area contributed by atoms with E-state index in [0.29, 0.717) is 5.92 Å². The maximum atomic E-state index is 12.6. The summed E-state index contributed by atoms with van der Waals surface area (Å²) in [6, 6.07) is 15.3. The standard InChI is InChI=1S/C19H19N3OS/c1-19(20,13-5-3-2-4-6-13)18(23)21-14-9-10-15-16(11-14)24-17(22-15)12-7-8-12/h2-6,9-12H,7-8,20H2,1H3,(H,21,23). The zero-order valence-corrected chi connectivity index (χ0v) is 14.3. The predicted molar refractivity (Wildman–Crippen MR) is 98.2 cm³/mol. The predicted octanol–water partition coefficient (Wildman–Crippen LogP) is 3.99. The Morgan fingerprint density at radius 1 is 1.25 bits per heavy atom. The molecule has 3 N–H and O–H groups in total. The molecular formula is C19H19N3OS. The molecule has 24 heavy (non-hydrogen) atoms. The van der Waals surface area contributed by atoms with Gasteiger partial charge in [0.05, 0.1) is 15.2 Å². The topological polar surface area (TPSA) is 68.0 Å². The monoisotopic (exact) mass is 337 g/mol. The number of amides is 1. The summed E-state index contributed by atoms with van der Waals surface area (Å²) >= 11 is 1.72. The molecule has 4 rings (SSSR count). The summed E-state index contributed by atoms with van der Waals surface area (Å²) in [5.41, 5.74) is 7.74. The van der Waals surface area contributed by atoms with Crippen molar-refractivity contribution in [3.05, 3.63) is 59.1 Å². The molecule has 2 aromatic carbocycles. The zero-order valence-electron chi connectivity index (χ0n) is 13.5. The Morgan fingerprint density at radius 2 is 2.00 bits per heavy atom. The molecule has 0 aliphatic heterocycles. The van der Waals surface area contributed by atoms with Crippen LogP contribution >= 0.6 is 11.3 Å². The highest BCUT2D eigenvalue weighted by Gasteiger charge is 2.30. The molecule has 4 nitrogen and oxygen atoms in total. The molecule has 1 atom stereocenters. The van der Waals surface area contributed by atoms with E-state index >= 15 is 0 Å². The van der Waals surface area contributed by atoms with Gasteiger partial charge in [-0.3, -0.25) is 4.79 Å². The van der Waals surface area contributed by atoms with E-state index in [1.807, 2.05) is 48.5 Å². The van der Waals surface area contributed by atoms with Crippen LogP contribution in [0.3, 0.4) is 0 Å². The number of nitrogens with zero attached hydrogens (tertiary/aromatic N) is 1. The minimum absolute atomic E-state index is 0.222. The van der Waals surface area contributed by atoms with Gasteiger partial charge in [-0.05, 0) is 43.5 Å². The van der Waals surface area contributed by atoms with Gasteiger partial charge < -0.3 is 11.1 Å². The van der Waals surface area contributed by atoms with Gasteiger partial charge >= 0.3 is 0 Å². The van der Waals surface area contributed by atoms with E-state index in [4.69, 9.17) is 5.73 Å². The lowest BCUT2D eigenvalue weighted by Gasteiger charge is -2.24. The molecule has 1 aromatic heterocycles. The molecule has 1 aliphatic carbocycles. The Hall–Kier alpha value is -2.24. The van der Waals surface area contributed by atoms with E-state index in [-0.39, 0.29) is 5.91 Å². The number of anilines is 1. The number of carbonyl (C=O) groups excluding carboxylic acids is 1. The maximum absolute atomic E-state index is 12.6. The number of nitrogens with two attached hydrogens (primary N) is 1. The van der Waals surface area contributed by atoms with E-state index in [0.717, 1.165) is 21.5 Å². The molecule has 1 amide bonds. The lowest BCUT2D eigenvalue weighted by molar-refractivity contribution is -0.120. The van der Waals surface area contributed by atoms with Gasteiger partial charge in [-0.2, -0.15) is 0 Å². The molecule has 122 valence electrons. The fourth-order valence-electron chi connectivity index (χ4n) is 2.70. The fourth-order valence-corrected chi connectivity index (χ4v) is 3.88. The summed E-state index contributed by atoms with van der Waals surface area (Å²) in [4.78, 5) is 17.3. The van der Waals surface area contributed by atoms with Gasteiger partial charge in [0, 0.05) is 11.6 Å². The number of rotatable bonds is 4. The van der Waals surface area contributed by atoms with Gasteiger partial charge in [-0.25, -0.2) is 4.98 Å². The number of fused-ring (bicyclic) bond motifs is 1. The molecule has 1 fully saturated rings. The van der Waals surface area contributed by atoms with Crippen LogP contribution in [0.2, 0.25) is 0 Å². The average Bonchev–Trinajstić information content (AvgIpc) is 3.35. The first kappa shape index (κ1) is 15.3. The van der Waals surface area contributed by atoms with Crippen molar-refractivity contribution in [1.82, 2.24) is 4.98 Å². The van der Waals surface area contributed by atoms with Crippen molar-refractivity contribution in [3.8, 4) is 0 Å². The lowest BCUT2D eigenvalue weighted by atomic mass is 9.92. The second kappa shape index (κ2) is 5.69. The first-order valence-electron chi connectivity index (χ1n) is 8.10. The average molecular weight is 337 g/mol. The summed E-state index contributed by atoms with van der Waals surface area (Å²) in [7, 11) is 0. The Morgan fingerprint density at radius 3 is 2.71 bits per heavy atom. The van der Waals surface area contributed by atoms with Gasteiger partial charge in [0.1, 0.15) is 5.54 Å². The van der Waals surface area contributed by atoms with Crippen LogP contribution in [0.4, 0.5) is 5.69 Å². The van der Waals surface area contributed by atoms with Gasteiger partial charge in [0.15, 0.2) is 0 Å². The van der Waals surface area contributed by atoms with Crippen LogP contribution in [0.15, 0.2) is 48.5 Å². The Balaban J connectivity index is 1.57. The highest BCUT2D eigenvalue weighted by Crippen LogP contribution is 2.43. The molecule has 1 heterocycles. The van der Waals surface area contributed by atoms with Crippen LogP contribution in [-0.4, -0.2) is 10.9 Å². The quantitative estimate of drug-likeness (QED) is 0.756. The third kappa shape index (κ3) is 2.81. The summed E-state index contributed by atoms with van der Waals surface area (Å²) in [6.45, 7) is 1.73. The second-order valence-electron chi connectivity index (χ2n) is 6.53. The number of thiazole rings is 1. The van der Waals surface area contributed by atoms with E-state index < -0.39 is 5.54 Å². The molecule has 0 bridgehead atoms. The minimum Gasteiger partial charge on any atom is -0.324 e. The second-order valence-corrected chi connectivity index (χ2v) is 7.59. The van der Waals surface area contributed by atoms with E-state index in [1.165, 1.54) is 17.8 Å². The Kier molecular flexibility index (Phi) is 3.62. The van der Waals surface area contributed by atoms with Gasteiger partial charge in [-0.1, -0.05) is 30.3 Å². The van der Waals surface area contributed by atoms with Crippen molar-refractivity contribution >= 4 is 33.1 Å². The van der Waals surface area contributed by atoms with Crippen molar-refractivity contribution in [2.24, 2.45) is 5.73 Å². The Bertz CT molecular complexity index is 897. The molecule has 1 unspecified atom stereocenters. The smallest absolute Gasteiger partial charge is 0.248 e. The summed E-state index contributed by atoms with van der Waals surface area (Å²) < 4.78 is 1.10. The summed E-state index contributed by atoms with van der Waals surface area (Å²) in [5, 5.41) is 4.15. The van der Waals surface area contributed by atoms with Crippen LogP contribution in [0.5, 0.6) is 0 Å². The van der Waals surface area contributed by atoms with Crippen molar-refractivity contribution in [2.75, 3.05) is 5.32 Å². The molecular weight excluding hydrogens is 318 g/mol. The Labute approximate surface area is 144 Å². The minimum atomic E-state index is -1.08. The zero-order chi connectivity index (χ0) is 16.7. The summed E-state index contributed by atoms with van der Waals surface area (Å²) in [6.07, 6.45) is 2.48. The number of nitrogens with one attached hydrogen (secondary N) is 1. The first-order valence-corrected chi connectivity index (χ1v) is 8.92. The third-order valence-corrected chi connectivity index (χ3v) is 5.62. The molecule has 1 aliphatic rings. The van der Waals surface area contributed by atoms with Gasteiger partial charge in [0.25, 0.3) is 0 Å². The van der Waals surface area contributed by atoms with Gasteiger partial charge in [-0.15, -0.1) is 11.3 Å². The number of carbonyl (C=O) groups is 1. The van der Waals surface area contributed by atoms with Crippen LogP contribution in [-0.2, 0) is 10.3 Å². The van der Waals surface area contributed by atoms with Crippen molar-refractivity contribution < 1.29 is 4.79 Å². The molecule has 0 saturated heterocycles. The lowest BCUT2D eigenvalue weighted by Crippen LogP contribution is -2.45. The van der Waals surface area contributed by atoms with Crippen LogP contribution < -0.4 is 11.1 Å². The highest BCUT2D eigenvalue weighted by molar-refractivity contribution is 7.18. The molecule has 0 radical (unpaired) electrons. The normalized spacial score (nSPS) is 16.8. The van der Waals surface area contributed by atoms with Crippen LogP contribution in [0.25, 0.3) is 10.2 Å². The highest BCUT2D eigenvalue weighted by atomic mass is 32.1. The number of benzene rings is 2. The first-order chi connectivity index (χ1) is 11.5. The SMILES string of the molecule is CC(N)(C(=O)Nc1ccc2nc(C3CC3)sc2c1)c1ccccc1. The van der Waals surface area contributed by atoms with Crippen molar-refractivity contribution in [1.29, 1.82) is 0 Å². The number of hydrogen-bond acceptors (Lipinski definition) is 4. The molecule has 1 saturated carbocycles. The van der Waals surface area contributed by atoms with Crippen molar-refractivity contribution in [3.63, 3.8) is 0 Å². The van der Waals surface area contributed by atoms with E-state index in [2.05, 4.69) is 10.3 Å². The molecule has 3 aromatic rings. The van der Waals surface area contributed by atoms with Crippen LogP contribution in [0, 0.1) is 0 Å². The summed E-state index contributed by atoms with van der Waals surface area (Å²) in [5.74, 6) is 0.422. The maximum Gasteiger partial charge on any atom is 0.248 e. The van der Waals surface area contributed by atoms with Gasteiger partial charge in [0.2, 0.25) is 5.91 Å². The fraction of sp³-hybridized carbons (Fsp3) is 0.263.